The van der Waals surface area contributed by atoms with E-state index in [1.807, 2.05) is 0 Å². The van der Waals surface area contributed by atoms with Crippen LogP contribution in [0.25, 0.3) is 0 Å². The molecule has 0 aromatic heterocycles. The summed E-state index contributed by atoms with van der Waals surface area (Å²) in [5.74, 6) is -1.20. The van der Waals surface area contributed by atoms with Crippen molar-refractivity contribution < 1.29 is 9.59 Å². The van der Waals surface area contributed by atoms with Crippen LogP contribution >= 0.6 is 23.2 Å². The van der Waals surface area contributed by atoms with Crippen molar-refractivity contribution in [1.29, 1.82) is 0 Å². The Morgan fingerprint density at radius 2 is 1.87 bits per heavy atom. The summed E-state index contributed by atoms with van der Waals surface area (Å²) in [4.78, 5) is 22.2. The van der Waals surface area contributed by atoms with Crippen LogP contribution in [0.4, 0.5) is 0 Å². The lowest BCUT2D eigenvalue weighted by Crippen LogP contribution is -2.42. The summed E-state index contributed by atoms with van der Waals surface area (Å²) >= 11 is 11.0. The summed E-state index contributed by atoms with van der Waals surface area (Å²) < 4.78 is 0. The van der Waals surface area contributed by atoms with Gasteiger partial charge in [0.1, 0.15) is 5.88 Å². The minimum atomic E-state index is -0.489. The van der Waals surface area contributed by atoms with Crippen LogP contribution in [-0.2, 0) is 4.79 Å². The van der Waals surface area contributed by atoms with Crippen molar-refractivity contribution in [2.45, 2.75) is 0 Å². The molecule has 0 bridgehead atoms. The van der Waals surface area contributed by atoms with E-state index >= 15 is 0 Å². The lowest BCUT2D eigenvalue weighted by atomic mass is 10.2. The molecule has 0 unspecified atom stereocenters. The van der Waals surface area contributed by atoms with E-state index < -0.39 is 11.8 Å². The molecule has 0 aliphatic carbocycles. The number of hydrogen-bond donors (Lipinski definition) is 2. The Bertz CT molecular complexity index is 382. The minimum absolute atomic E-state index is 0.219. The largest absolute Gasteiger partial charge is 0.272 e. The zero-order chi connectivity index (χ0) is 11.3. The van der Waals surface area contributed by atoms with Crippen molar-refractivity contribution in [3.8, 4) is 0 Å². The Labute approximate surface area is 96.5 Å². The lowest BCUT2D eigenvalue weighted by molar-refractivity contribution is -0.119. The van der Waals surface area contributed by atoms with E-state index in [-0.39, 0.29) is 11.4 Å². The number of hydrogen-bond acceptors (Lipinski definition) is 2. The predicted molar refractivity (Wildman–Crippen MR) is 57.8 cm³/mol. The first-order chi connectivity index (χ1) is 7.15. The zero-order valence-corrected chi connectivity index (χ0v) is 9.10. The number of rotatable bonds is 2. The molecule has 80 valence electrons. The van der Waals surface area contributed by atoms with Gasteiger partial charge in [0.15, 0.2) is 0 Å². The highest BCUT2D eigenvalue weighted by atomic mass is 35.5. The van der Waals surface area contributed by atoms with Crippen LogP contribution in [0.15, 0.2) is 24.3 Å². The maximum absolute atomic E-state index is 11.4. The third kappa shape index (κ3) is 3.42. The molecular formula is C9H8Cl2N2O2. The third-order valence-electron chi connectivity index (χ3n) is 1.56. The van der Waals surface area contributed by atoms with Gasteiger partial charge in [-0.3, -0.25) is 20.4 Å². The van der Waals surface area contributed by atoms with Crippen molar-refractivity contribution in [3.63, 3.8) is 0 Å². The van der Waals surface area contributed by atoms with Crippen LogP contribution < -0.4 is 10.9 Å². The lowest BCUT2D eigenvalue weighted by Gasteiger charge is -2.06. The van der Waals surface area contributed by atoms with Gasteiger partial charge >= 0.3 is 0 Å². The molecule has 2 N–H and O–H groups in total. The molecular weight excluding hydrogens is 239 g/mol. The van der Waals surface area contributed by atoms with Gasteiger partial charge in [0, 0.05) is 0 Å². The van der Waals surface area contributed by atoms with Crippen molar-refractivity contribution >= 4 is 35.0 Å². The molecule has 6 heteroatoms. The average Bonchev–Trinajstić information content (AvgIpc) is 2.26. The van der Waals surface area contributed by atoms with E-state index in [4.69, 9.17) is 23.2 Å². The Hall–Kier alpha value is -1.26. The number of hydrazine groups is 1. The molecule has 2 amide bonds. The number of carbonyl (C=O) groups is 2. The minimum Gasteiger partial charge on any atom is -0.272 e. The van der Waals surface area contributed by atoms with Gasteiger partial charge in [-0.1, -0.05) is 23.7 Å². The quantitative estimate of drug-likeness (QED) is 0.612. The Morgan fingerprint density at radius 3 is 2.47 bits per heavy atom. The van der Waals surface area contributed by atoms with Crippen molar-refractivity contribution in [1.82, 2.24) is 10.9 Å². The van der Waals surface area contributed by atoms with Crippen LogP contribution in [0.5, 0.6) is 0 Å². The van der Waals surface area contributed by atoms with E-state index in [0.29, 0.717) is 5.02 Å². The maximum atomic E-state index is 11.4. The molecule has 0 fully saturated rings. The monoisotopic (exact) mass is 246 g/mol. The summed E-state index contributed by atoms with van der Waals surface area (Å²) in [6.07, 6.45) is 0. The van der Waals surface area contributed by atoms with Crippen molar-refractivity contribution in [3.05, 3.63) is 34.9 Å². The van der Waals surface area contributed by atoms with E-state index in [1.165, 1.54) is 0 Å². The summed E-state index contributed by atoms with van der Waals surface area (Å²) in [6, 6.07) is 6.50. The van der Waals surface area contributed by atoms with Gasteiger partial charge in [-0.2, -0.15) is 0 Å². The molecule has 1 aromatic carbocycles. The molecule has 0 saturated heterocycles. The van der Waals surface area contributed by atoms with Crippen LogP contribution in [0, 0.1) is 0 Å². The van der Waals surface area contributed by atoms with Gasteiger partial charge in [-0.25, -0.2) is 0 Å². The number of amides is 2. The van der Waals surface area contributed by atoms with Gasteiger partial charge in [-0.05, 0) is 12.1 Å². The Morgan fingerprint density at radius 1 is 1.20 bits per heavy atom. The van der Waals surface area contributed by atoms with Gasteiger partial charge < -0.3 is 0 Å². The summed E-state index contributed by atoms with van der Waals surface area (Å²) in [7, 11) is 0. The zero-order valence-electron chi connectivity index (χ0n) is 7.59. The van der Waals surface area contributed by atoms with E-state index in [0.717, 1.165) is 0 Å². The molecule has 0 atom stereocenters. The first kappa shape index (κ1) is 11.8. The van der Waals surface area contributed by atoms with E-state index in [1.54, 1.807) is 24.3 Å². The second kappa shape index (κ2) is 5.58. The fraction of sp³-hybridized carbons (Fsp3) is 0.111. The molecule has 0 spiro atoms. The van der Waals surface area contributed by atoms with Gasteiger partial charge in [0.2, 0.25) is 0 Å². The Kier molecular flexibility index (Phi) is 4.39. The molecule has 0 heterocycles. The fourth-order valence-corrected chi connectivity index (χ4v) is 1.16. The van der Waals surface area contributed by atoms with Gasteiger partial charge in [-0.15, -0.1) is 11.6 Å². The standard InChI is InChI=1S/C9H8Cl2N2O2/c10-5-8(14)12-13-9(15)6-3-1-2-4-7(6)11/h1-4H,5H2,(H,12,14)(H,13,15). The maximum Gasteiger partial charge on any atom is 0.271 e. The second-order valence-electron chi connectivity index (χ2n) is 2.62. The molecule has 0 aliphatic heterocycles. The number of nitrogens with one attached hydrogen (secondary N) is 2. The van der Waals surface area contributed by atoms with Crippen LogP contribution in [0.1, 0.15) is 10.4 Å². The number of alkyl halides is 1. The van der Waals surface area contributed by atoms with Crippen molar-refractivity contribution in [2.24, 2.45) is 0 Å². The van der Waals surface area contributed by atoms with Crippen LogP contribution in [0.3, 0.4) is 0 Å². The summed E-state index contributed by atoms with van der Waals surface area (Å²) in [5, 5.41) is 0.315. The normalized spacial score (nSPS) is 9.47. The summed E-state index contributed by atoms with van der Waals surface area (Å²) in [6.45, 7) is 0. The van der Waals surface area contributed by atoms with Gasteiger partial charge in [0.05, 0.1) is 10.6 Å². The predicted octanol–water partition coefficient (Wildman–Crippen LogP) is 1.34. The SMILES string of the molecule is O=C(CCl)NNC(=O)c1ccccc1Cl. The average molecular weight is 247 g/mol. The molecule has 0 saturated carbocycles. The molecule has 0 aliphatic rings. The highest BCUT2D eigenvalue weighted by Gasteiger charge is 2.09. The highest BCUT2D eigenvalue weighted by Crippen LogP contribution is 2.13. The first-order valence-corrected chi connectivity index (χ1v) is 4.96. The number of carbonyl (C=O) groups excluding carboxylic acids is 2. The molecule has 4 nitrogen and oxygen atoms in total. The van der Waals surface area contributed by atoms with Crippen LogP contribution in [0.2, 0.25) is 5.02 Å². The fourth-order valence-electron chi connectivity index (χ4n) is 0.873. The molecule has 0 radical (unpaired) electrons. The topological polar surface area (TPSA) is 58.2 Å². The molecule has 15 heavy (non-hydrogen) atoms. The van der Waals surface area contributed by atoms with Gasteiger partial charge in [0.25, 0.3) is 11.8 Å². The van der Waals surface area contributed by atoms with Crippen LogP contribution in [-0.4, -0.2) is 17.7 Å². The smallest absolute Gasteiger partial charge is 0.271 e. The first-order valence-electron chi connectivity index (χ1n) is 4.05. The molecule has 1 rings (SSSR count). The third-order valence-corrected chi connectivity index (χ3v) is 2.13. The highest BCUT2D eigenvalue weighted by molar-refractivity contribution is 6.33. The van der Waals surface area contributed by atoms with Crippen molar-refractivity contribution in [2.75, 3.05) is 5.88 Å². The van der Waals surface area contributed by atoms with E-state index in [9.17, 15) is 9.59 Å². The molecule has 1 aromatic rings. The second-order valence-corrected chi connectivity index (χ2v) is 3.29. The van der Waals surface area contributed by atoms with E-state index in [2.05, 4.69) is 10.9 Å². The Balaban J connectivity index is 2.62. The number of halogens is 2. The summed E-state index contributed by atoms with van der Waals surface area (Å²) in [5.41, 5.74) is 4.60. The number of benzene rings is 1.